The number of amides is 1. The molecule has 5 nitrogen and oxygen atoms in total. The average molecular weight is 327 g/mol. The normalized spacial score (nSPS) is 18.0. The van der Waals surface area contributed by atoms with E-state index in [9.17, 15) is 4.79 Å². The number of benzene rings is 1. The largest absolute Gasteiger partial charge is 0.493 e. The summed E-state index contributed by atoms with van der Waals surface area (Å²) in [6, 6.07) is 5.04. The summed E-state index contributed by atoms with van der Waals surface area (Å²) in [6.07, 6.45) is 2.86. The summed E-state index contributed by atoms with van der Waals surface area (Å²) in [5.41, 5.74) is 5.95. The molecule has 1 amide bonds. The van der Waals surface area contributed by atoms with Gasteiger partial charge in [0.1, 0.15) is 5.75 Å². The van der Waals surface area contributed by atoms with Gasteiger partial charge >= 0.3 is 0 Å². The number of nitrogens with one attached hydrogen (secondary N) is 1. The Kier molecular flexibility index (Phi) is 6.96. The number of nitrogens with two attached hydrogens (primary N) is 1. The first-order valence-corrected chi connectivity index (χ1v) is 8.07. The van der Waals surface area contributed by atoms with Gasteiger partial charge in [-0.15, -0.1) is 0 Å². The van der Waals surface area contributed by atoms with Crippen LogP contribution in [0.15, 0.2) is 18.2 Å². The summed E-state index contributed by atoms with van der Waals surface area (Å²) in [6.45, 7) is 3.16. The average Bonchev–Trinajstić information content (AvgIpc) is 2.54. The Labute approximate surface area is 136 Å². The highest BCUT2D eigenvalue weighted by atomic mass is 35.5. The maximum absolute atomic E-state index is 12.4. The second-order valence-electron chi connectivity index (χ2n) is 5.42. The van der Waals surface area contributed by atoms with Gasteiger partial charge in [-0.25, -0.2) is 0 Å². The zero-order valence-electron chi connectivity index (χ0n) is 12.6. The third kappa shape index (κ3) is 5.16. The summed E-state index contributed by atoms with van der Waals surface area (Å²) >= 11 is 5.98. The molecule has 0 aliphatic carbocycles. The van der Waals surface area contributed by atoms with Crippen LogP contribution >= 0.6 is 11.6 Å². The SMILES string of the molecule is NCCCOc1cc(Cl)ccc1C(=O)NCC1CCCOC1. The fraction of sp³-hybridized carbons (Fsp3) is 0.562. The van der Waals surface area contributed by atoms with Crippen molar-refractivity contribution in [1.82, 2.24) is 5.32 Å². The van der Waals surface area contributed by atoms with Crippen molar-refractivity contribution in [2.75, 3.05) is 32.9 Å². The molecule has 1 atom stereocenters. The molecule has 0 spiro atoms. The third-order valence-electron chi connectivity index (χ3n) is 3.60. The fourth-order valence-electron chi connectivity index (χ4n) is 2.37. The topological polar surface area (TPSA) is 73.6 Å². The van der Waals surface area contributed by atoms with E-state index in [-0.39, 0.29) is 5.91 Å². The Hall–Kier alpha value is -1.30. The highest BCUT2D eigenvalue weighted by Gasteiger charge is 2.17. The van der Waals surface area contributed by atoms with Crippen molar-refractivity contribution in [1.29, 1.82) is 0 Å². The van der Waals surface area contributed by atoms with E-state index in [2.05, 4.69) is 5.32 Å². The Morgan fingerprint density at radius 1 is 1.50 bits per heavy atom. The molecule has 1 unspecified atom stereocenters. The van der Waals surface area contributed by atoms with Crippen molar-refractivity contribution in [3.05, 3.63) is 28.8 Å². The molecule has 1 aromatic rings. The Bertz CT molecular complexity index is 490. The van der Waals surface area contributed by atoms with Gasteiger partial charge in [-0.2, -0.15) is 0 Å². The molecule has 6 heteroatoms. The van der Waals surface area contributed by atoms with Crippen LogP contribution in [0.5, 0.6) is 5.75 Å². The van der Waals surface area contributed by atoms with Crippen LogP contribution in [-0.4, -0.2) is 38.8 Å². The number of hydrogen-bond donors (Lipinski definition) is 2. The minimum atomic E-state index is -0.148. The monoisotopic (exact) mass is 326 g/mol. The Morgan fingerprint density at radius 3 is 3.09 bits per heavy atom. The van der Waals surface area contributed by atoms with Crippen molar-refractivity contribution in [2.24, 2.45) is 11.7 Å². The van der Waals surface area contributed by atoms with E-state index < -0.39 is 0 Å². The van der Waals surface area contributed by atoms with Crippen LogP contribution in [-0.2, 0) is 4.74 Å². The van der Waals surface area contributed by atoms with Crippen molar-refractivity contribution < 1.29 is 14.3 Å². The van der Waals surface area contributed by atoms with E-state index in [0.29, 0.717) is 48.6 Å². The van der Waals surface area contributed by atoms with Gasteiger partial charge in [-0.05, 0) is 49.9 Å². The molecule has 1 aliphatic heterocycles. The number of carbonyl (C=O) groups is 1. The second-order valence-corrected chi connectivity index (χ2v) is 5.86. The lowest BCUT2D eigenvalue weighted by atomic mass is 10.0. The molecule has 3 N–H and O–H groups in total. The molecule has 1 aliphatic rings. The van der Waals surface area contributed by atoms with Crippen LogP contribution < -0.4 is 15.8 Å². The molecule has 1 heterocycles. The number of carbonyl (C=O) groups excluding carboxylic acids is 1. The van der Waals surface area contributed by atoms with Gasteiger partial charge in [0.15, 0.2) is 0 Å². The first-order valence-electron chi connectivity index (χ1n) is 7.69. The lowest BCUT2D eigenvalue weighted by Crippen LogP contribution is -2.33. The quantitative estimate of drug-likeness (QED) is 0.754. The van der Waals surface area contributed by atoms with Crippen molar-refractivity contribution in [3.8, 4) is 5.75 Å². The van der Waals surface area contributed by atoms with E-state index in [1.165, 1.54) is 0 Å². The maximum Gasteiger partial charge on any atom is 0.255 e. The lowest BCUT2D eigenvalue weighted by Gasteiger charge is -2.22. The molecule has 0 saturated carbocycles. The van der Waals surface area contributed by atoms with Gasteiger partial charge in [0.25, 0.3) is 5.91 Å². The summed E-state index contributed by atoms with van der Waals surface area (Å²) < 4.78 is 11.0. The Morgan fingerprint density at radius 2 is 2.36 bits per heavy atom. The number of rotatable bonds is 7. The van der Waals surface area contributed by atoms with Crippen LogP contribution in [0.2, 0.25) is 5.02 Å². The smallest absolute Gasteiger partial charge is 0.255 e. The van der Waals surface area contributed by atoms with E-state index in [1.54, 1.807) is 18.2 Å². The van der Waals surface area contributed by atoms with Gasteiger partial charge in [-0.1, -0.05) is 11.6 Å². The summed E-state index contributed by atoms with van der Waals surface area (Å²) in [5, 5.41) is 3.49. The zero-order chi connectivity index (χ0) is 15.8. The molecule has 22 heavy (non-hydrogen) atoms. The van der Waals surface area contributed by atoms with E-state index in [0.717, 1.165) is 25.9 Å². The van der Waals surface area contributed by atoms with E-state index >= 15 is 0 Å². The van der Waals surface area contributed by atoms with Crippen LogP contribution in [0.3, 0.4) is 0 Å². The second kappa shape index (κ2) is 8.98. The highest BCUT2D eigenvalue weighted by Crippen LogP contribution is 2.24. The van der Waals surface area contributed by atoms with Gasteiger partial charge in [0.2, 0.25) is 0 Å². The lowest BCUT2D eigenvalue weighted by molar-refractivity contribution is 0.0536. The maximum atomic E-state index is 12.4. The molecular weight excluding hydrogens is 304 g/mol. The molecule has 0 radical (unpaired) electrons. The molecular formula is C16H23ClN2O3. The predicted octanol–water partition coefficient (Wildman–Crippen LogP) is 2.22. The van der Waals surface area contributed by atoms with E-state index in [4.69, 9.17) is 26.8 Å². The summed E-state index contributed by atoms with van der Waals surface area (Å²) in [7, 11) is 0. The van der Waals surface area contributed by atoms with Crippen LogP contribution in [0.1, 0.15) is 29.6 Å². The van der Waals surface area contributed by atoms with Gasteiger partial charge < -0.3 is 20.5 Å². The van der Waals surface area contributed by atoms with E-state index in [1.807, 2.05) is 0 Å². The van der Waals surface area contributed by atoms with Crippen molar-refractivity contribution >= 4 is 17.5 Å². The van der Waals surface area contributed by atoms with Gasteiger partial charge in [0, 0.05) is 18.2 Å². The molecule has 1 aromatic carbocycles. The highest BCUT2D eigenvalue weighted by molar-refractivity contribution is 6.30. The number of ether oxygens (including phenoxy) is 2. The van der Waals surface area contributed by atoms with Crippen molar-refractivity contribution in [3.63, 3.8) is 0 Å². The minimum absolute atomic E-state index is 0.148. The molecule has 1 fully saturated rings. The fourth-order valence-corrected chi connectivity index (χ4v) is 2.53. The molecule has 0 bridgehead atoms. The predicted molar refractivity (Wildman–Crippen MR) is 86.5 cm³/mol. The Balaban J connectivity index is 1.95. The molecule has 0 aromatic heterocycles. The van der Waals surface area contributed by atoms with Crippen molar-refractivity contribution in [2.45, 2.75) is 19.3 Å². The first kappa shape index (κ1) is 17.1. The summed E-state index contributed by atoms with van der Waals surface area (Å²) in [4.78, 5) is 12.4. The molecule has 2 rings (SSSR count). The molecule has 122 valence electrons. The number of hydrogen-bond acceptors (Lipinski definition) is 4. The van der Waals surface area contributed by atoms with Gasteiger partial charge in [-0.3, -0.25) is 4.79 Å². The summed E-state index contributed by atoms with van der Waals surface area (Å²) in [5.74, 6) is 0.731. The van der Waals surface area contributed by atoms with Crippen LogP contribution in [0, 0.1) is 5.92 Å². The number of halogens is 1. The molecule has 1 saturated heterocycles. The van der Waals surface area contributed by atoms with Gasteiger partial charge in [0.05, 0.1) is 18.8 Å². The first-order chi connectivity index (χ1) is 10.7. The van der Waals surface area contributed by atoms with Crippen LogP contribution in [0.4, 0.5) is 0 Å². The zero-order valence-corrected chi connectivity index (χ0v) is 13.4. The standard InChI is InChI=1S/C16H23ClN2O3/c17-13-4-5-14(15(9-13)22-8-2-6-18)16(20)19-10-12-3-1-7-21-11-12/h4-5,9,12H,1-3,6-8,10-11,18H2,(H,19,20). The minimum Gasteiger partial charge on any atom is -0.493 e. The third-order valence-corrected chi connectivity index (χ3v) is 3.84. The van der Waals surface area contributed by atoms with Crippen LogP contribution in [0.25, 0.3) is 0 Å².